The van der Waals surface area contributed by atoms with E-state index in [1.807, 2.05) is 20.8 Å². The lowest BCUT2D eigenvalue weighted by atomic mass is 10.1. The maximum atomic E-state index is 12.3. The Kier molecular flexibility index (Phi) is 5.63. The quantitative estimate of drug-likeness (QED) is 0.775. The molecular weight excluding hydrogens is 394 g/mol. The standard InChI is InChI=1S/C13H15Br2NO2S/c1-5-12(8(2)3)16-19(17,18)13-7-10(14)9(4)6-11(13)15/h1,6-8,12,16H,2-4H3. The first-order valence-electron chi connectivity index (χ1n) is 5.63. The van der Waals surface area contributed by atoms with Crippen LogP contribution < -0.4 is 4.72 Å². The molecule has 1 N–H and O–H groups in total. The Hall–Kier alpha value is -0.350. The van der Waals surface area contributed by atoms with Crippen LogP contribution in [0.3, 0.4) is 0 Å². The van der Waals surface area contributed by atoms with Crippen LogP contribution in [-0.4, -0.2) is 14.5 Å². The molecule has 0 radical (unpaired) electrons. The highest BCUT2D eigenvalue weighted by Crippen LogP contribution is 2.29. The largest absolute Gasteiger partial charge is 0.242 e. The van der Waals surface area contributed by atoms with Crippen LogP contribution in [0, 0.1) is 25.2 Å². The van der Waals surface area contributed by atoms with Crippen molar-refractivity contribution in [2.24, 2.45) is 5.92 Å². The Labute approximate surface area is 131 Å². The molecule has 0 saturated carbocycles. The molecule has 0 saturated heterocycles. The average Bonchev–Trinajstić information content (AvgIpc) is 2.30. The van der Waals surface area contributed by atoms with Gasteiger partial charge in [0.1, 0.15) is 0 Å². The molecule has 1 aromatic rings. The number of hydrogen-bond donors (Lipinski definition) is 1. The number of nitrogens with one attached hydrogen (secondary N) is 1. The second kappa shape index (κ2) is 6.40. The van der Waals surface area contributed by atoms with Crippen LogP contribution in [0.4, 0.5) is 0 Å². The summed E-state index contributed by atoms with van der Waals surface area (Å²) < 4.78 is 28.4. The zero-order valence-electron chi connectivity index (χ0n) is 10.9. The minimum Gasteiger partial charge on any atom is -0.207 e. The summed E-state index contributed by atoms with van der Waals surface area (Å²) in [4.78, 5) is 0.172. The van der Waals surface area contributed by atoms with Crippen molar-refractivity contribution < 1.29 is 8.42 Å². The minimum absolute atomic E-state index is 0.0208. The van der Waals surface area contributed by atoms with Crippen molar-refractivity contribution in [2.45, 2.75) is 31.7 Å². The summed E-state index contributed by atoms with van der Waals surface area (Å²) in [5, 5.41) is 0. The van der Waals surface area contributed by atoms with Gasteiger partial charge in [-0.3, -0.25) is 0 Å². The van der Waals surface area contributed by atoms with Crippen LogP contribution in [0.2, 0.25) is 0 Å². The third kappa shape index (κ3) is 4.06. The first-order chi connectivity index (χ1) is 8.69. The maximum absolute atomic E-state index is 12.3. The Morgan fingerprint density at radius 2 is 1.84 bits per heavy atom. The molecule has 1 rings (SSSR count). The number of benzene rings is 1. The number of terminal acetylenes is 1. The molecule has 0 fully saturated rings. The van der Waals surface area contributed by atoms with Gasteiger partial charge in [0.15, 0.2) is 0 Å². The number of halogens is 2. The van der Waals surface area contributed by atoms with Gasteiger partial charge in [0.2, 0.25) is 10.0 Å². The highest BCUT2D eigenvalue weighted by Gasteiger charge is 2.23. The lowest BCUT2D eigenvalue weighted by Crippen LogP contribution is -2.37. The second-order valence-corrected chi connectivity index (χ2v) is 7.93. The van der Waals surface area contributed by atoms with Crippen molar-refractivity contribution in [3.63, 3.8) is 0 Å². The third-order valence-corrected chi connectivity index (χ3v) is 5.88. The normalized spacial score (nSPS) is 13.3. The second-order valence-electron chi connectivity index (χ2n) is 4.54. The zero-order chi connectivity index (χ0) is 14.8. The molecule has 1 aromatic carbocycles. The van der Waals surface area contributed by atoms with Gasteiger partial charge in [0.25, 0.3) is 0 Å². The average molecular weight is 409 g/mol. The molecule has 0 bridgehead atoms. The molecule has 104 valence electrons. The van der Waals surface area contributed by atoms with Crippen molar-refractivity contribution in [2.75, 3.05) is 0 Å². The number of aryl methyl sites for hydroxylation is 1. The van der Waals surface area contributed by atoms with Gasteiger partial charge in [-0.25, -0.2) is 8.42 Å². The number of rotatable bonds is 4. The fraction of sp³-hybridized carbons (Fsp3) is 0.385. The Morgan fingerprint density at radius 3 is 2.32 bits per heavy atom. The summed E-state index contributed by atoms with van der Waals surface area (Å²) in [6.07, 6.45) is 5.35. The topological polar surface area (TPSA) is 46.2 Å². The van der Waals surface area contributed by atoms with Gasteiger partial charge in [-0.15, -0.1) is 6.42 Å². The molecule has 19 heavy (non-hydrogen) atoms. The lowest BCUT2D eigenvalue weighted by molar-refractivity contribution is 0.518. The first-order valence-corrected chi connectivity index (χ1v) is 8.70. The zero-order valence-corrected chi connectivity index (χ0v) is 14.9. The molecule has 0 aliphatic heterocycles. The Morgan fingerprint density at radius 1 is 1.26 bits per heavy atom. The van der Waals surface area contributed by atoms with Gasteiger partial charge >= 0.3 is 0 Å². The van der Waals surface area contributed by atoms with Crippen LogP contribution in [0.15, 0.2) is 26.0 Å². The van der Waals surface area contributed by atoms with Crippen LogP contribution in [0.25, 0.3) is 0 Å². The molecule has 0 amide bonds. The van der Waals surface area contributed by atoms with E-state index >= 15 is 0 Å². The van der Waals surface area contributed by atoms with E-state index in [1.165, 1.54) is 0 Å². The van der Waals surface area contributed by atoms with E-state index in [1.54, 1.807) is 12.1 Å². The summed E-state index contributed by atoms with van der Waals surface area (Å²) >= 11 is 6.61. The van der Waals surface area contributed by atoms with E-state index in [4.69, 9.17) is 6.42 Å². The molecular formula is C13H15Br2NO2S. The van der Waals surface area contributed by atoms with Gasteiger partial charge in [-0.05, 0) is 46.5 Å². The fourth-order valence-electron chi connectivity index (χ4n) is 1.43. The van der Waals surface area contributed by atoms with E-state index in [0.717, 1.165) is 10.0 Å². The first kappa shape index (κ1) is 16.7. The predicted octanol–water partition coefficient (Wildman–Crippen LogP) is 3.46. The van der Waals surface area contributed by atoms with Gasteiger partial charge in [0, 0.05) is 8.95 Å². The maximum Gasteiger partial charge on any atom is 0.242 e. The van der Waals surface area contributed by atoms with Gasteiger partial charge in [-0.2, -0.15) is 4.72 Å². The van der Waals surface area contributed by atoms with Crippen molar-refractivity contribution in [1.29, 1.82) is 0 Å². The van der Waals surface area contributed by atoms with Gasteiger partial charge < -0.3 is 0 Å². The molecule has 0 aliphatic rings. The Bertz CT molecular complexity index is 618. The molecule has 0 aromatic heterocycles. The lowest BCUT2D eigenvalue weighted by Gasteiger charge is -2.17. The number of hydrogen-bond acceptors (Lipinski definition) is 2. The van der Waals surface area contributed by atoms with Crippen LogP contribution in [-0.2, 0) is 10.0 Å². The summed E-state index contributed by atoms with van der Waals surface area (Å²) in [5.74, 6) is 2.48. The Balaban J connectivity index is 3.22. The molecule has 0 spiro atoms. The molecule has 1 atom stereocenters. The molecule has 0 heterocycles. The molecule has 1 unspecified atom stereocenters. The van der Waals surface area contributed by atoms with Crippen molar-refractivity contribution in [3.8, 4) is 12.3 Å². The molecule has 3 nitrogen and oxygen atoms in total. The van der Waals surface area contributed by atoms with Crippen LogP contribution >= 0.6 is 31.9 Å². The SMILES string of the molecule is C#CC(NS(=O)(=O)c1cc(Br)c(C)cc1Br)C(C)C. The summed E-state index contributed by atoms with van der Waals surface area (Å²) in [7, 11) is -3.66. The summed E-state index contributed by atoms with van der Waals surface area (Å²) in [5.41, 5.74) is 0.947. The number of sulfonamides is 1. The summed E-state index contributed by atoms with van der Waals surface area (Å²) in [6.45, 7) is 5.62. The predicted molar refractivity (Wildman–Crippen MR) is 84.4 cm³/mol. The van der Waals surface area contributed by atoms with Crippen LogP contribution in [0.1, 0.15) is 19.4 Å². The monoisotopic (exact) mass is 407 g/mol. The van der Waals surface area contributed by atoms with E-state index in [2.05, 4.69) is 42.5 Å². The van der Waals surface area contributed by atoms with Crippen molar-refractivity contribution in [1.82, 2.24) is 4.72 Å². The summed E-state index contributed by atoms with van der Waals surface area (Å²) in [6, 6.07) is 2.78. The molecule has 0 aliphatic carbocycles. The van der Waals surface area contributed by atoms with E-state index in [9.17, 15) is 8.42 Å². The van der Waals surface area contributed by atoms with E-state index in [0.29, 0.717) is 4.47 Å². The van der Waals surface area contributed by atoms with E-state index < -0.39 is 16.1 Å². The van der Waals surface area contributed by atoms with Gasteiger partial charge in [-0.1, -0.05) is 35.7 Å². The highest BCUT2D eigenvalue weighted by molar-refractivity contribution is 9.11. The van der Waals surface area contributed by atoms with Crippen LogP contribution in [0.5, 0.6) is 0 Å². The van der Waals surface area contributed by atoms with Gasteiger partial charge in [0.05, 0.1) is 10.9 Å². The molecule has 6 heteroatoms. The third-order valence-electron chi connectivity index (χ3n) is 2.63. The van der Waals surface area contributed by atoms with Crippen molar-refractivity contribution >= 4 is 41.9 Å². The minimum atomic E-state index is -3.66. The highest BCUT2D eigenvalue weighted by atomic mass is 79.9. The van der Waals surface area contributed by atoms with E-state index in [-0.39, 0.29) is 10.8 Å². The van der Waals surface area contributed by atoms with Crippen molar-refractivity contribution in [3.05, 3.63) is 26.6 Å². The fourth-order valence-corrected chi connectivity index (χ4v) is 4.41. The smallest absolute Gasteiger partial charge is 0.207 e.